The second kappa shape index (κ2) is 9.02. The van der Waals surface area contributed by atoms with Gasteiger partial charge in [0.15, 0.2) is 0 Å². The van der Waals surface area contributed by atoms with Crippen molar-refractivity contribution in [2.24, 2.45) is 0 Å². The van der Waals surface area contributed by atoms with E-state index in [1.165, 1.54) is 0 Å². The maximum Gasteiger partial charge on any atom is 0.221 e. The average Bonchev–Trinajstić information content (AvgIpc) is 2.53. The zero-order valence-electron chi connectivity index (χ0n) is 12.4. The molecule has 0 bridgehead atoms. The number of carbonyl (C=O) groups is 1. The Balaban J connectivity index is 1.67. The molecule has 0 atom stereocenters. The Bertz CT molecular complexity index is 659. The predicted molar refractivity (Wildman–Crippen MR) is 97.7 cm³/mol. The maximum atomic E-state index is 11.8. The third-order valence-electron chi connectivity index (χ3n) is 3.25. The Labute approximate surface area is 150 Å². The van der Waals surface area contributed by atoms with E-state index in [1.807, 2.05) is 24.3 Å². The van der Waals surface area contributed by atoms with Crippen LogP contribution in [-0.2, 0) is 11.2 Å². The summed E-state index contributed by atoms with van der Waals surface area (Å²) >= 11 is 17.8. The molecule has 122 valence electrons. The smallest absolute Gasteiger partial charge is 0.221 e. The van der Waals surface area contributed by atoms with Gasteiger partial charge in [0.05, 0.1) is 10.7 Å². The predicted octanol–water partition coefficient (Wildman–Crippen LogP) is 4.81. The number of amides is 1. The van der Waals surface area contributed by atoms with E-state index in [4.69, 9.17) is 34.8 Å². The molecule has 2 rings (SSSR count). The molecule has 0 aliphatic rings. The third kappa shape index (κ3) is 6.30. The number of benzene rings is 2. The van der Waals surface area contributed by atoms with Crippen LogP contribution in [0.3, 0.4) is 0 Å². The summed E-state index contributed by atoms with van der Waals surface area (Å²) in [7, 11) is 0. The van der Waals surface area contributed by atoms with Gasteiger partial charge >= 0.3 is 0 Å². The number of carbonyl (C=O) groups excluding carboxylic acids is 1. The number of nitrogens with one attached hydrogen (secondary N) is 2. The van der Waals surface area contributed by atoms with Crippen molar-refractivity contribution >= 4 is 46.4 Å². The van der Waals surface area contributed by atoms with Crippen LogP contribution in [0, 0.1) is 0 Å². The van der Waals surface area contributed by atoms with Crippen LogP contribution in [-0.4, -0.2) is 19.0 Å². The molecule has 0 aliphatic carbocycles. The molecule has 0 saturated heterocycles. The third-order valence-corrected chi connectivity index (χ3v) is 4.06. The average molecular weight is 372 g/mol. The van der Waals surface area contributed by atoms with Crippen LogP contribution in [0.1, 0.15) is 12.0 Å². The van der Waals surface area contributed by atoms with Crippen LogP contribution in [0.4, 0.5) is 5.69 Å². The number of rotatable bonds is 7. The zero-order valence-corrected chi connectivity index (χ0v) is 14.7. The first kappa shape index (κ1) is 17.9. The van der Waals surface area contributed by atoms with E-state index in [2.05, 4.69) is 10.6 Å². The van der Waals surface area contributed by atoms with E-state index in [0.29, 0.717) is 34.6 Å². The molecule has 0 saturated carbocycles. The summed E-state index contributed by atoms with van der Waals surface area (Å²) in [5.74, 6) is -0.00962. The van der Waals surface area contributed by atoms with Crippen molar-refractivity contribution in [2.75, 3.05) is 18.4 Å². The highest BCUT2D eigenvalue weighted by molar-refractivity contribution is 6.35. The molecule has 0 aliphatic heterocycles. The molecule has 2 N–H and O–H groups in total. The highest BCUT2D eigenvalue weighted by Gasteiger charge is 2.04. The van der Waals surface area contributed by atoms with Crippen LogP contribution in [0.15, 0.2) is 42.5 Å². The van der Waals surface area contributed by atoms with E-state index in [-0.39, 0.29) is 5.91 Å². The zero-order chi connectivity index (χ0) is 16.7. The normalized spacial score (nSPS) is 10.4. The summed E-state index contributed by atoms with van der Waals surface area (Å²) in [4.78, 5) is 11.8. The van der Waals surface area contributed by atoms with Crippen LogP contribution in [0.25, 0.3) is 0 Å². The lowest BCUT2D eigenvalue weighted by molar-refractivity contribution is -0.120. The second-order valence-electron chi connectivity index (χ2n) is 5.03. The van der Waals surface area contributed by atoms with E-state index in [9.17, 15) is 4.79 Å². The van der Waals surface area contributed by atoms with Crippen molar-refractivity contribution in [1.29, 1.82) is 0 Å². The Kier molecular flexibility index (Phi) is 7.03. The van der Waals surface area contributed by atoms with Crippen molar-refractivity contribution in [3.05, 3.63) is 63.1 Å². The van der Waals surface area contributed by atoms with E-state index in [1.54, 1.807) is 18.2 Å². The van der Waals surface area contributed by atoms with E-state index < -0.39 is 0 Å². The van der Waals surface area contributed by atoms with Crippen molar-refractivity contribution in [1.82, 2.24) is 5.32 Å². The summed E-state index contributed by atoms with van der Waals surface area (Å²) in [5, 5.41) is 7.89. The highest BCUT2D eigenvalue weighted by atomic mass is 35.5. The maximum absolute atomic E-state index is 11.8. The summed E-state index contributed by atoms with van der Waals surface area (Å²) in [6.07, 6.45) is 1.14. The van der Waals surface area contributed by atoms with Crippen molar-refractivity contribution in [3.8, 4) is 0 Å². The summed E-state index contributed by atoms with van der Waals surface area (Å²) < 4.78 is 0. The highest BCUT2D eigenvalue weighted by Crippen LogP contribution is 2.25. The van der Waals surface area contributed by atoms with Crippen LogP contribution >= 0.6 is 34.8 Å². The van der Waals surface area contributed by atoms with Crippen molar-refractivity contribution < 1.29 is 4.79 Å². The Morgan fingerprint density at radius 3 is 2.35 bits per heavy atom. The van der Waals surface area contributed by atoms with E-state index in [0.717, 1.165) is 17.7 Å². The first-order chi connectivity index (χ1) is 11.0. The first-order valence-corrected chi connectivity index (χ1v) is 8.38. The van der Waals surface area contributed by atoms with Gasteiger partial charge < -0.3 is 10.6 Å². The lowest BCUT2D eigenvalue weighted by Gasteiger charge is -2.09. The van der Waals surface area contributed by atoms with Gasteiger partial charge in [-0.05, 0) is 42.3 Å². The minimum atomic E-state index is -0.00962. The van der Waals surface area contributed by atoms with Crippen LogP contribution in [0.5, 0.6) is 0 Å². The van der Waals surface area contributed by atoms with Gasteiger partial charge in [-0.2, -0.15) is 0 Å². The number of hydrogen-bond acceptors (Lipinski definition) is 2. The van der Waals surface area contributed by atoms with Gasteiger partial charge in [0.2, 0.25) is 5.91 Å². The van der Waals surface area contributed by atoms with Gasteiger partial charge in [-0.3, -0.25) is 4.79 Å². The number of anilines is 1. The number of hydrogen-bond donors (Lipinski definition) is 2. The Morgan fingerprint density at radius 1 is 0.913 bits per heavy atom. The van der Waals surface area contributed by atoms with Gasteiger partial charge in [0.25, 0.3) is 0 Å². The molecule has 2 aromatic carbocycles. The largest absolute Gasteiger partial charge is 0.383 e. The fraction of sp³-hybridized carbons (Fsp3) is 0.235. The fourth-order valence-corrected chi connectivity index (χ4v) is 2.51. The minimum Gasteiger partial charge on any atom is -0.383 e. The number of halogens is 3. The van der Waals surface area contributed by atoms with Crippen LogP contribution < -0.4 is 10.6 Å². The van der Waals surface area contributed by atoms with Gasteiger partial charge in [0, 0.05) is 29.6 Å². The molecular formula is C17H17Cl3N2O. The second-order valence-corrected chi connectivity index (χ2v) is 6.31. The topological polar surface area (TPSA) is 41.1 Å². The molecule has 0 radical (unpaired) electrons. The molecule has 3 nitrogen and oxygen atoms in total. The van der Waals surface area contributed by atoms with E-state index >= 15 is 0 Å². The molecule has 6 heteroatoms. The molecule has 1 amide bonds. The fourth-order valence-electron chi connectivity index (χ4n) is 2.03. The Morgan fingerprint density at radius 2 is 1.61 bits per heavy atom. The standard InChI is InChI=1S/C17H17Cl3N2O/c18-13-3-1-12(2-4-13)7-9-22-17(23)8-10-21-16-11-14(19)5-6-15(16)20/h1-6,11,21H,7-10H2,(H,22,23). The molecule has 0 spiro atoms. The van der Waals surface area contributed by atoms with Gasteiger partial charge in [-0.1, -0.05) is 46.9 Å². The van der Waals surface area contributed by atoms with Gasteiger partial charge in [-0.25, -0.2) is 0 Å². The minimum absolute atomic E-state index is 0.00962. The first-order valence-electron chi connectivity index (χ1n) is 7.24. The van der Waals surface area contributed by atoms with Gasteiger partial charge in [0.1, 0.15) is 0 Å². The Hall–Kier alpha value is -1.42. The monoisotopic (exact) mass is 370 g/mol. The lowest BCUT2D eigenvalue weighted by Crippen LogP contribution is -2.27. The quantitative estimate of drug-likeness (QED) is 0.733. The molecular weight excluding hydrogens is 355 g/mol. The van der Waals surface area contributed by atoms with Crippen molar-refractivity contribution in [2.45, 2.75) is 12.8 Å². The molecule has 0 heterocycles. The lowest BCUT2D eigenvalue weighted by atomic mass is 10.1. The van der Waals surface area contributed by atoms with Crippen molar-refractivity contribution in [3.63, 3.8) is 0 Å². The SMILES string of the molecule is O=C(CCNc1cc(Cl)ccc1Cl)NCCc1ccc(Cl)cc1. The summed E-state index contributed by atoms with van der Waals surface area (Å²) in [6.45, 7) is 1.09. The molecule has 0 unspecified atom stereocenters. The molecule has 2 aromatic rings. The van der Waals surface area contributed by atoms with Crippen LogP contribution in [0.2, 0.25) is 15.1 Å². The van der Waals surface area contributed by atoms with Gasteiger partial charge in [-0.15, -0.1) is 0 Å². The molecule has 0 aromatic heterocycles. The molecule has 23 heavy (non-hydrogen) atoms. The molecule has 0 fully saturated rings. The summed E-state index contributed by atoms with van der Waals surface area (Å²) in [5.41, 5.74) is 1.87. The summed E-state index contributed by atoms with van der Waals surface area (Å²) in [6, 6.07) is 12.8.